The Labute approximate surface area is 84.5 Å². The van der Waals surface area contributed by atoms with Gasteiger partial charge in [0, 0.05) is 6.07 Å². The van der Waals surface area contributed by atoms with Crippen LogP contribution in [0.1, 0.15) is 10.4 Å². The van der Waals surface area contributed by atoms with Crippen LogP contribution in [0.5, 0.6) is 11.5 Å². The first-order valence-corrected chi connectivity index (χ1v) is 4.89. The van der Waals surface area contributed by atoms with Crippen molar-refractivity contribution >= 4 is 16.4 Å². The van der Waals surface area contributed by atoms with Crippen molar-refractivity contribution in [1.29, 1.82) is 0 Å². The number of carbonyl (C=O) groups is 1. The van der Waals surface area contributed by atoms with Crippen molar-refractivity contribution < 1.29 is 32.2 Å². The van der Waals surface area contributed by atoms with Crippen molar-refractivity contribution in [3.63, 3.8) is 0 Å². The molecule has 0 aliphatic heterocycles. The van der Waals surface area contributed by atoms with Crippen molar-refractivity contribution in [2.45, 2.75) is 0 Å². The second-order valence-electron chi connectivity index (χ2n) is 2.50. The first-order valence-electron chi connectivity index (χ1n) is 3.53. The van der Waals surface area contributed by atoms with Gasteiger partial charge in [0.05, 0.1) is 0 Å². The molecule has 0 aliphatic carbocycles. The molecule has 1 aromatic carbocycles. The van der Waals surface area contributed by atoms with Crippen molar-refractivity contribution in [3.8, 4) is 11.5 Å². The monoisotopic (exact) mass is 234 g/mol. The maximum Gasteiger partial charge on any atom is 0.446 e. The molecule has 1 aromatic rings. The summed E-state index contributed by atoms with van der Waals surface area (Å²) in [6, 6.07) is 2.70. The van der Waals surface area contributed by atoms with Gasteiger partial charge in [-0.15, -0.1) is 0 Å². The topological polar surface area (TPSA) is 121 Å². The average molecular weight is 234 g/mol. The van der Waals surface area contributed by atoms with E-state index in [0.717, 1.165) is 18.2 Å². The maximum absolute atomic E-state index is 10.5. The minimum absolute atomic E-state index is 0.410. The molecule has 0 unspecified atom stereocenters. The molecule has 0 amide bonds. The maximum atomic E-state index is 10.5. The number of carboxylic acid groups (broad SMARTS) is 1. The first kappa shape index (κ1) is 11.3. The summed E-state index contributed by atoms with van der Waals surface area (Å²) in [5, 5.41) is 17.6. The van der Waals surface area contributed by atoms with E-state index in [4.69, 9.17) is 14.8 Å². The Kier molecular flexibility index (Phi) is 2.82. The summed E-state index contributed by atoms with van der Waals surface area (Å²) in [4.78, 5) is 10.5. The molecule has 0 fully saturated rings. The Balaban J connectivity index is 3.14. The van der Waals surface area contributed by atoms with Crippen LogP contribution in [-0.2, 0) is 10.4 Å². The molecule has 0 spiro atoms. The van der Waals surface area contributed by atoms with Crippen LogP contribution >= 0.6 is 0 Å². The average Bonchev–Trinajstić information content (AvgIpc) is 2.05. The molecule has 8 heteroatoms. The highest BCUT2D eigenvalue weighted by Gasteiger charge is 2.13. The quantitative estimate of drug-likeness (QED) is 0.641. The lowest BCUT2D eigenvalue weighted by atomic mass is 10.2. The van der Waals surface area contributed by atoms with Crippen LogP contribution in [-0.4, -0.2) is 29.2 Å². The number of hydrogen-bond donors (Lipinski definition) is 3. The van der Waals surface area contributed by atoms with Gasteiger partial charge in [-0.3, -0.25) is 4.55 Å². The van der Waals surface area contributed by atoms with E-state index in [-0.39, 0.29) is 0 Å². The summed E-state index contributed by atoms with van der Waals surface area (Å²) in [6.45, 7) is 0. The number of rotatable bonds is 3. The Bertz CT molecular complexity index is 490. The van der Waals surface area contributed by atoms with Crippen molar-refractivity contribution in [2.24, 2.45) is 0 Å². The molecule has 0 aromatic heterocycles. The molecule has 1 rings (SSSR count). The minimum Gasteiger partial charge on any atom is -0.507 e. The molecular formula is C7H6O7S. The molecule has 0 saturated heterocycles. The summed E-state index contributed by atoms with van der Waals surface area (Å²) in [6.07, 6.45) is 0. The minimum atomic E-state index is -4.71. The highest BCUT2D eigenvalue weighted by Crippen LogP contribution is 2.23. The van der Waals surface area contributed by atoms with Gasteiger partial charge in [-0.2, -0.15) is 8.42 Å². The molecule has 3 N–H and O–H groups in total. The van der Waals surface area contributed by atoms with Crippen LogP contribution < -0.4 is 4.18 Å². The Morgan fingerprint density at radius 2 is 1.93 bits per heavy atom. The Morgan fingerprint density at radius 1 is 1.33 bits per heavy atom. The number of hydrogen-bond acceptors (Lipinski definition) is 5. The van der Waals surface area contributed by atoms with Crippen LogP contribution in [0.25, 0.3) is 0 Å². The second-order valence-corrected chi connectivity index (χ2v) is 3.52. The van der Waals surface area contributed by atoms with Crippen LogP contribution in [0.2, 0.25) is 0 Å². The van der Waals surface area contributed by atoms with E-state index in [1.54, 1.807) is 0 Å². The Morgan fingerprint density at radius 3 is 2.40 bits per heavy atom. The van der Waals surface area contributed by atoms with Crippen molar-refractivity contribution in [3.05, 3.63) is 23.8 Å². The lowest BCUT2D eigenvalue weighted by molar-refractivity contribution is 0.0693. The molecule has 7 nitrogen and oxygen atoms in total. The number of aromatic carboxylic acids is 1. The standard InChI is InChI=1S/C7H6O7S/c8-6-2-1-4(14-15(11,12)13)3-5(6)7(9)10/h1-3,8H,(H,9,10)(H,11,12,13). The van der Waals surface area contributed by atoms with Crippen LogP contribution in [0.4, 0.5) is 0 Å². The fourth-order valence-corrected chi connectivity index (χ4v) is 1.21. The molecule has 0 bridgehead atoms. The fourth-order valence-electron chi connectivity index (χ4n) is 0.860. The predicted molar refractivity (Wildman–Crippen MR) is 47.2 cm³/mol. The molecule has 82 valence electrons. The van der Waals surface area contributed by atoms with E-state index in [2.05, 4.69) is 4.18 Å². The van der Waals surface area contributed by atoms with Gasteiger partial charge in [0.25, 0.3) is 0 Å². The SMILES string of the molecule is O=C(O)c1cc(OS(=O)(=O)O)ccc1O. The van der Waals surface area contributed by atoms with Crippen LogP contribution in [0.15, 0.2) is 18.2 Å². The first-order chi connectivity index (χ1) is 6.79. The zero-order chi connectivity index (χ0) is 11.6. The second kappa shape index (κ2) is 3.75. The normalized spacial score (nSPS) is 11.0. The molecule has 0 heterocycles. The largest absolute Gasteiger partial charge is 0.507 e. The summed E-state index contributed by atoms with van der Waals surface area (Å²) in [5.41, 5.74) is -0.531. The van der Waals surface area contributed by atoms with E-state index >= 15 is 0 Å². The molecule has 15 heavy (non-hydrogen) atoms. The molecular weight excluding hydrogens is 228 g/mol. The summed E-state index contributed by atoms with van der Waals surface area (Å²) < 4.78 is 32.9. The summed E-state index contributed by atoms with van der Waals surface area (Å²) in [7, 11) is -4.71. The van der Waals surface area contributed by atoms with Gasteiger partial charge in [0.2, 0.25) is 0 Å². The van der Waals surface area contributed by atoms with Crippen molar-refractivity contribution in [2.75, 3.05) is 0 Å². The third kappa shape index (κ3) is 3.11. The molecule has 0 radical (unpaired) electrons. The van der Waals surface area contributed by atoms with E-state index in [1.165, 1.54) is 0 Å². The Hall–Kier alpha value is -1.80. The number of carboxylic acids is 1. The van der Waals surface area contributed by atoms with E-state index < -0.39 is 33.4 Å². The van der Waals surface area contributed by atoms with Crippen LogP contribution in [0, 0.1) is 0 Å². The predicted octanol–water partition coefficient (Wildman–Crippen LogP) is 0.272. The van der Waals surface area contributed by atoms with Gasteiger partial charge in [-0.25, -0.2) is 4.79 Å². The molecule has 0 atom stereocenters. The zero-order valence-corrected chi connectivity index (χ0v) is 7.93. The van der Waals surface area contributed by atoms with Gasteiger partial charge in [0.1, 0.15) is 17.1 Å². The number of phenols is 1. The third-order valence-electron chi connectivity index (χ3n) is 1.40. The van der Waals surface area contributed by atoms with Crippen LogP contribution in [0.3, 0.4) is 0 Å². The van der Waals surface area contributed by atoms with E-state index in [0.29, 0.717) is 0 Å². The van der Waals surface area contributed by atoms with Gasteiger partial charge in [-0.1, -0.05) is 0 Å². The van der Waals surface area contributed by atoms with E-state index in [9.17, 15) is 13.2 Å². The zero-order valence-electron chi connectivity index (χ0n) is 7.11. The lowest BCUT2D eigenvalue weighted by Gasteiger charge is -2.03. The molecule has 0 aliphatic rings. The number of benzene rings is 1. The smallest absolute Gasteiger partial charge is 0.446 e. The highest BCUT2D eigenvalue weighted by atomic mass is 32.3. The van der Waals surface area contributed by atoms with Crippen molar-refractivity contribution in [1.82, 2.24) is 0 Å². The van der Waals surface area contributed by atoms with Gasteiger partial charge < -0.3 is 14.4 Å². The van der Waals surface area contributed by atoms with Gasteiger partial charge in [0.15, 0.2) is 0 Å². The third-order valence-corrected chi connectivity index (χ3v) is 1.80. The summed E-state index contributed by atoms with van der Waals surface area (Å²) >= 11 is 0. The number of aromatic hydroxyl groups is 1. The molecule has 0 saturated carbocycles. The summed E-state index contributed by atoms with van der Waals surface area (Å²) in [5.74, 6) is -2.40. The van der Waals surface area contributed by atoms with Gasteiger partial charge >= 0.3 is 16.4 Å². The van der Waals surface area contributed by atoms with E-state index in [1.807, 2.05) is 0 Å². The fraction of sp³-hybridized carbons (Fsp3) is 0. The van der Waals surface area contributed by atoms with Gasteiger partial charge in [-0.05, 0) is 12.1 Å². The lowest BCUT2D eigenvalue weighted by Crippen LogP contribution is -2.07. The highest BCUT2D eigenvalue weighted by molar-refractivity contribution is 7.81.